The molecule has 0 saturated carbocycles. The molecule has 4 nitrogen and oxygen atoms in total. The predicted molar refractivity (Wildman–Crippen MR) is 87.1 cm³/mol. The van der Waals surface area contributed by atoms with Crippen molar-refractivity contribution in [2.45, 2.75) is 0 Å². The Labute approximate surface area is 131 Å². The maximum absolute atomic E-state index is 12.2. The number of nitrogens with zero attached hydrogens (tertiary/aromatic N) is 1. The Balaban J connectivity index is 2.22. The van der Waals surface area contributed by atoms with E-state index in [1.165, 1.54) is 11.3 Å². The minimum Gasteiger partial charge on any atom is -0.497 e. The smallest absolute Gasteiger partial charge is 0.267 e. The number of nitriles is 1. The number of hydrogen-bond donors (Lipinski definition) is 1. The van der Waals surface area contributed by atoms with Crippen molar-refractivity contribution in [1.82, 2.24) is 4.98 Å². The van der Waals surface area contributed by atoms with Crippen molar-refractivity contribution in [1.29, 1.82) is 5.26 Å². The number of methoxy groups -OCH3 is 1. The van der Waals surface area contributed by atoms with Crippen LogP contribution in [0.1, 0.15) is 5.56 Å². The van der Waals surface area contributed by atoms with Gasteiger partial charge in [-0.25, -0.2) is 0 Å². The maximum atomic E-state index is 12.2. The van der Waals surface area contributed by atoms with Crippen LogP contribution >= 0.6 is 11.3 Å². The van der Waals surface area contributed by atoms with Crippen LogP contribution in [0.4, 0.5) is 0 Å². The van der Waals surface area contributed by atoms with Gasteiger partial charge in [-0.1, -0.05) is 18.2 Å². The zero-order valence-corrected chi connectivity index (χ0v) is 12.6. The number of pyridine rings is 1. The second-order valence-electron chi connectivity index (χ2n) is 4.62. The number of benzene rings is 1. The molecule has 0 unspecified atom stereocenters. The summed E-state index contributed by atoms with van der Waals surface area (Å²) in [5.41, 5.74) is 1.89. The van der Waals surface area contributed by atoms with Crippen LogP contribution in [0, 0.1) is 11.3 Å². The van der Waals surface area contributed by atoms with Gasteiger partial charge >= 0.3 is 0 Å². The SMILES string of the molecule is COc1cccc(-c2cc(-c3cccs3)c(C#N)c(=O)[nH]2)c1. The van der Waals surface area contributed by atoms with Crippen LogP contribution in [-0.4, -0.2) is 12.1 Å². The number of aromatic nitrogens is 1. The first-order valence-electron chi connectivity index (χ1n) is 6.58. The lowest BCUT2D eigenvalue weighted by Crippen LogP contribution is -2.12. The number of hydrogen-bond acceptors (Lipinski definition) is 4. The Bertz CT molecular complexity index is 905. The van der Waals surface area contributed by atoms with E-state index in [0.29, 0.717) is 17.0 Å². The normalized spacial score (nSPS) is 10.2. The highest BCUT2D eigenvalue weighted by Crippen LogP contribution is 2.30. The van der Waals surface area contributed by atoms with E-state index in [9.17, 15) is 10.1 Å². The molecule has 5 heteroatoms. The third kappa shape index (κ3) is 2.52. The van der Waals surface area contributed by atoms with E-state index in [0.717, 1.165) is 10.4 Å². The van der Waals surface area contributed by atoms with Crippen molar-refractivity contribution in [3.8, 4) is 33.5 Å². The van der Waals surface area contributed by atoms with Gasteiger partial charge in [0.15, 0.2) is 0 Å². The lowest BCUT2D eigenvalue weighted by Gasteiger charge is -2.08. The maximum Gasteiger partial charge on any atom is 0.267 e. The van der Waals surface area contributed by atoms with E-state index in [4.69, 9.17) is 4.74 Å². The van der Waals surface area contributed by atoms with E-state index < -0.39 is 0 Å². The molecular weight excluding hydrogens is 296 g/mol. The molecule has 0 aliphatic rings. The van der Waals surface area contributed by atoms with Gasteiger partial charge in [0.05, 0.1) is 7.11 Å². The molecule has 108 valence electrons. The van der Waals surface area contributed by atoms with Gasteiger partial charge in [0, 0.05) is 21.7 Å². The Morgan fingerprint density at radius 3 is 2.77 bits per heavy atom. The predicted octanol–water partition coefficient (Wildman–Crippen LogP) is 3.65. The first-order chi connectivity index (χ1) is 10.7. The molecule has 0 saturated heterocycles. The summed E-state index contributed by atoms with van der Waals surface area (Å²) in [6, 6.07) is 15.0. The third-order valence-corrected chi connectivity index (χ3v) is 4.22. The van der Waals surface area contributed by atoms with Gasteiger partial charge < -0.3 is 9.72 Å². The van der Waals surface area contributed by atoms with Crippen molar-refractivity contribution in [3.05, 3.63) is 63.8 Å². The van der Waals surface area contributed by atoms with Gasteiger partial charge in [-0.15, -0.1) is 11.3 Å². The molecule has 0 fully saturated rings. The summed E-state index contributed by atoms with van der Waals surface area (Å²) in [6.45, 7) is 0. The standard InChI is InChI=1S/C17H12N2O2S/c1-21-12-5-2-4-11(8-12)15-9-13(16-6-3-7-22-16)14(10-18)17(20)19-15/h2-9H,1H3,(H,19,20). The van der Waals surface area contributed by atoms with Crippen LogP contribution in [0.2, 0.25) is 0 Å². The molecule has 0 amide bonds. The quantitative estimate of drug-likeness (QED) is 0.803. The van der Waals surface area contributed by atoms with Crippen molar-refractivity contribution in [2.75, 3.05) is 7.11 Å². The molecule has 2 heterocycles. The van der Waals surface area contributed by atoms with Crippen LogP contribution in [0.5, 0.6) is 5.75 Å². The van der Waals surface area contributed by atoms with Crippen molar-refractivity contribution in [2.24, 2.45) is 0 Å². The van der Waals surface area contributed by atoms with Crippen LogP contribution in [0.3, 0.4) is 0 Å². The van der Waals surface area contributed by atoms with Gasteiger partial charge in [0.2, 0.25) is 0 Å². The second kappa shape index (κ2) is 5.88. The van der Waals surface area contributed by atoms with Gasteiger partial charge in [0.1, 0.15) is 17.4 Å². The second-order valence-corrected chi connectivity index (χ2v) is 5.57. The van der Waals surface area contributed by atoms with Crippen molar-refractivity contribution >= 4 is 11.3 Å². The molecule has 0 aliphatic carbocycles. The average molecular weight is 308 g/mol. The molecule has 1 N–H and O–H groups in total. The number of nitrogens with one attached hydrogen (secondary N) is 1. The first-order valence-corrected chi connectivity index (χ1v) is 7.46. The Morgan fingerprint density at radius 2 is 2.09 bits per heavy atom. The summed E-state index contributed by atoms with van der Waals surface area (Å²) < 4.78 is 5.21. The zero-order valence-electron chi connectivity index (χ0n) is 11.8. The lowest BCUT2D eigenvalue weighted by atomic mass is 10.0. The van der Waals surface area contributed by atoms with Gasteiger partial charge in [-0.05, 0) is 29.6 Å². The largest absolute Gasteiger partial charge is 0.497 e. The minimum absolute atomic E-state index is 0.133. The number of aromatic amines is 1. The summed E-state index contributed by atoms with van der Waals surface area (Å²) >= 11 is 1.50. The molecule has 2 aromatic heterocycles. The Hall–Kier alpha value is -2.84. The summed E-state index contributed by atoms with van der Waals surface area (Å²) in [5.74, 6) is 0.709. The van der Waals surface area contributed by atoms with E-state index in [1.54, 1.807) is 7.11 Å². The fourth-order valence-corrected chi connectivity index (χ4v) is 2.99. The third-order valence-electron chi connectivity index (χ3n) is 3.31. The van der Waals surface area contributed by atoms with E-state index in [-0.39, 0.29) is 11.1 Å². The van der Waals surface area contributed by atoms with Gasteiger partial charge in [-0.3, -0.25) is 4.79 Å². The summed E-state index contributed by atoms with van der Waals surface area (Å²) in [7, 11) is 1.59. The molecule has 0 aliphatic heterocycles. The monoisotopic (exact) mass is 308 g/mol. The van der Waals surface area contributed by atoms with Crippen LogP contribution in [0.15, 0.2) is 52.6 Å². The molecule has 1 aromatic carbocycles. The molecular formula is C17H12N2O2S. The van der Waals surface area contributed by atoms with E-state index >= 15 is 0 Å². The van der Waals surface area contributed by atoms with Gasteiger partial charge in [0.25, 0.3) is 5.56 Å². The Morgan fingerprint density at radius 1 is 1.23 bits per heavy atom. The summed E-state index contributed by atoms with van der Waals surface area (Å²) in [6.07, 6.45) is 0. The fraction of sp³-hybridized carbons (Fsp3) is 0.0588. The van der Waals surface area contributed by atoms with Crippen molar-refractivity contribution in [3.63, 3.8) is 0 Å². The minimum atomic E-state index is -0.383. The number of H-pyrrole nitrogens is 1. The molecule has 0 atom stereocenters. The van der Waals surface area contributed by atoms with Crippen LogP contribution in [-0.2, 0) is 0 Å². The molecule has 0 bridgehead atoms. The molecule has 0 spiro atoms. The highest BCUT2D eigenvalue weighted by molar-refractivity contribution is 7.13. The summed E-state index contributed by atoms with van der Waals surface area (Å²) in [5, 5.41) is 11.2. The Kier molecular flexibility index (Phi) is 3.77. The molecule has 3 aromatic rings. The average Bonchev–Trinajstić information content (AvgIpc) is 3.08. The zero-order chi connectivity index (χ0) is 15.5. The number of thiophene rings is 1. The highest BCUT2D eigenvalue weighted by atomic mass is 32.1. The lowest BCUT2D eigenvalue weighted by molar-refractivity contribution is 0.415. The molecule has 22 heavy (non-hydrogen) atoms. The molecule has 0 radical (unpaired) electrons. The van der Waals surface area contributed by atoms with Crippen LogP contribution < -0.4 is 10.3 Å². The highest BCUT2D eigenvalue weighted by Gasteiger charge is 2.13. The van der Waals surface area contributed by atoms with E-state index in [2.05, 4.69) is 4.98 Å². The van der Waals surface area contributed by atoms with Gasteiger partial charge in [-0.2, -0.15) is 5.26 Å². The van der Waals surface area contributed by atoms with E-state index in [1.807, 2.05) is 53.9 Å². The number of ether oxygens (including phenoxy) is 1. The van der Waals surface area contributed by atoms with Crippen LogP contribution in [0.25, 0.3) is 21.7 Å². The summed E-state index contributed by atoms with van der Waals surface area (Å²) in [4.78, 5) is 15.9. The fourth-order valence-electron chi connectivity index (χ4n) is 2.24. The topological polar surface area (TPSA) is 65.9 Å². The molecule has 3 rings (SSSR count). The first kappa shape index (κ1) is 14.1. The number of rotatable bonds is 3. The van der Waals surface area contributed by atoms with Crippen molar-refractivity contribution < 1.29 is 4.74 Å².